The van der Waals surface area contributed by atoms with Crippen molar-refractivity contribution in [2.75, 3.05) is 7.11 Å². The van der Waals surface area contributed by atoms with E-state index in [1.165, 1.54) is 18.2 Å². The van der Waals surface area contributed by atoms with Gasteiger partial charge in [-0.2, -0.15) is 0 Å². The molecule has 5 nitrogen and oxygen atoms in total. The van der Waals surface area contributed by atoms with Gasteiger partial charge in [-0.05, 0) is 65.1 Å². The van der Waals surface area contributed by atoms with E-state index in [1.807, 2.05) is 6.07 Å². The number of hydrogen-bond acceptors (Lipinski definition) is 3. The van der Waals surface area contributed by atoms with E-state index in [1.54, 1.807) is 22.8 Å². The van der Waals surface area contributed by atoms with Gasteiger partial charge in [0.05, 0.1) is 29.4 Å². The predicted octanol–water partition coefficient (Wildman–Crippen LogP) is 4.45. The lowest BCUT2D eigenvalue weighted by Crippen LogP contribution is -2.34. The van der Waals surface area contributed by atoms with E-state index >= 15 is 0 Å². The Balaban J connectivity index is 1.91. The third-order valence-electron chi connectivity index (χ3n) is 6.20. The first-order valence-corrected chi connectivity index (χ1v) is 9.62. The zero-order valence-corrected chi connectivity index (χ0v) is 17.1. The Morgan fingerprint density at radius 2 is 1.68 bits per heavy atom. The van der Waals surface area contributed by atoms with E-state index in [2.05, 4.69) is 44.8 Å². The third kappa shape index (κ3) is 2.77. The molecule has 1 N–H and O–H groups in total. The fourth-order valence-corrected chi connectivity index (χ4v) is 4.33. The van der Waals surface area contributed by atoms with Crippen LogP contribution in [0, 0.1) is 0 Å². The van der Waals surface area contributed by atoms with Crippen LogP contribution >= 0.6 is 0 Å². The van der Waals surface area contributed by atoms with Gasteiger partial charge in [-0.3, -0.25) is 4.57 Å². The maximum Gasteiger partial charge on any atom is 0.337 e. The number of aromatic amines is 1. The van der Waals surface area contributed by atoms with Crippen LogP contribution in [0.25, 0.3) is 16.7 Å². The highest BCUT2D eigenvalue weighted by molar-refractivity contribution is 5.93. The van der Waals surface area contributed by atoms with E-state index in [0.717, 1.165) is 24.0 Å². The van der Waals surface area contributed by atoms with Crippen LogP contribution in [0.2, 0.25) is 0 Å². The van der Waals surface area contributed by atoms with Crippen LogP contribution in [0.1, 0.15) is 62.0 Å². The molecule has 0 spiro atoms. The summed E-state index contributed by atoms with van der Waals surface area (Å²) in [7, 11) is 1.34. The quantitative estimate of drug-likeness (QED) is 0.670. The average Bonchev–Trinajstić information content (AvgIpc) is 2.99. The number of nitrogens with zero attached hydrogens (tertiary/aromatic N) is 1. The van der Waals surface area contributed by atoms with Crippen molar-refractivity contribution in [2.45, 2.75) is 51.4 Å². The molecular weight excluding hydrogens is 352 g/mol. The van der Waals surface area contributed by atoms with Gasteiger partial charge in [-0.15, -0.1) is 0 Å². The zero-order valence-electron chi connectivity index (χ0n) is 17.1. The molecule has 5 heteroatoms. The van der Waals surface area contributed by atoms with Gasteiger partial charge in [0.25, 0.3) is 0 Å². The second-order valence-corrected chi connectivity index (χ2v) is 8.99. The standard InChI is InChI=1S/C23H26N2O3/c1-22(2)10-11-23(3,4)17-13-15(7-8-16(17)22)25-19-9-6-14(20(26)28-5)12-18(19)24-21(25)27/h6-9,12-13H,10-11H2,1-5H3,(H,24,27). The summed E-state index contributed by atoms with van der Waals surface area (Å²) in [4.78, 5) is 27.4. The van der Waals surface area contributed by atoms with E-state index in [9.17, 15) is 9.59 Å². The number of aromatic nitrogens is 2. The maximum atomic E-state index is 12.7. The second-order valence-electron chi connectivity index (χ2n) is 8.99. The summed E-state index contributed by atoms with van der Waals surface area (Å²) >= 11 is 0. The van der Waals surface area contributed by atoms with Crippen LogP contribution in [0.5, 0.6) is 0 Å². The summed E-state index contributed by atoms with van der Waals surface area (Å²) in [6.45, 7) is 9.11. The number of benzene rings is 2. The molecule has 1 aromatic heterocycles. The number of nitrogens with one attached hydrogen (secondary N) is 1. The molecule has 4 rings (SSSR count). The van der Waals surface area contributed by atoms with Gasteiger partial charge in [0.2, 0.25) is 0 Å². The fourth-order valence-electron chi connectivity index (χ4n) is 4.33. The van der Waals surface area contributed by atoms with Crippen molar-refractivity contribution in [2.24, 2.45) is 0 Å². The predicted molar refractivity (Wildman–Crippen MR) is 111 cm³/mol. The average molecular weight is 378 g/mol. The van der Waals surface area contributed by atoms with Crippen molar-refractivity contribution in [3.63, 3.8) is 0 Å². The number of esters is 1. The number of hydrogen-bond donors (Lipinski definition) is 1. The molecule has 0 amide bonds. The highest BCUT2D eigenvalue weighted by Gasteiger charge is 2.37. The Bertz CT molecular complexity index is 1150. The van der Waals surface area contributed by atoms with Crippen LogP contribution < -0.4 is 5.69 Å². The first-order valence-electron chi connectivity index (χ1n) is 9.62. The number of imidazole rings is 1. The first kappa shape index (κ1) is 18.5. The molecule has 3 aromatic rings. The molecule has 0 atom stereocenters. The van der Waals surface area contributed by atoms with Crippen molar-refractivity contribution in [1.82, 2.24) is 9.55 Å². The van der Waals surface area contributed by atoms with Crippen LogP contribution in [0.15, 0.2) is 41.2 Å². The Hall–Kier alpha value is -2.82. The summed E-state index contributed by atoms with van der Waals surface area (Å²) in [5.41, 5.74) is 5.24. The van der Waals surface area contributed by atoms with E-state index < -0.39 is 5.97 Å². The summed E-state index contributed by atoms with van der Waals surface area (Å²) in [6, 6.07) is 11.5. The molecule has 0 saturated heterocycles. The van der Waals surface area contributed by atoms with Gasteiger partial charge in [-0.1, -0.05) is 33.8 Å². The van der Waals surface area contributed by atoms with Crippen molar-refractivity contribution in [3.05, 3.63) is 63.6 Å². The summed E-state index contributed by atoms with van der Waals surface area (Å²) in [6.07, 6.45) is 2.26. The van der Waals surface area contributed by atoms with E-state index in [4.69, 9.17) is 4.74 Å². The minimum Gasteiger partial charge on any atom is -0.465 e. The molecule has 0 radical (unpaired) electrons. The van der Waals surface area contributed by atoms with E-state index in [-0.39, 0.29) is 16.5 Å². The molecule has 0 bridgehead atoms. The van der Waals surface area contributed by atoms with Gasteiger partial charge >= 0.3 is 11.7 Å². The highest BCUT2D eigenvalue weighted by atomic mass is 16.5. The molecule has 0 aliphatic heterocycles. The minimum absolute atomic E-state index is 0.0641. The van der Waals surface area contributed by atoms with Gasteiger partial charge in [-0.25, -0.2) is 9.59 Å². The summed E-state index contributed by atoms with van der Waals surface area (Å²) in [5, 5.41) is 0. The van der Waals surface area contributed by atoms with Crippen molar-refractivity contribution >= 4 is 17.0 Å². The molecule has 1 aliphatic rings. The van der Waals surface area contributed by atoms with E-state index in [0.29, 0.717) is 11.1 Å². The molecule has 0 fully saturated rings. The molecule has 2 aromatic carbocycles. The Labute approximate surface area is 164 Å². The topological polar surface area (TPSA) is 64.1 Å². The lowest BCUT2D eigenvalue weighted by Gasteiger charge is -2.42. The number of methoxy groups -OCH3 is 1. The SMILES string of the molecule is COC(=O)c1ccc2c(c1)[nH]c(=O)n2-c1ccc2c(c1)C(C)(C)CCC2(C)C. The van der Waals surface area contributed by atoms with Gasteiger partial charge < -0.3 is 9.72 Å². The highest BCUT2D eigenvalue weighted by Crippen LogP contribution is 2.46. The molecule has 1 aliphatic carbocycles. The number of carbonyl (C=O) groups is 1. The third-order valence-corrected chi connectivity index (χ3v) is 6.20. The summed E-state index contributed by atoms with van der Waals surface area (Å²) < 4.78 is 6.45. The normalized spacial score (nSPS) is 17.3. The number of ether oxygens (including phenoxy) is 1. The number of fused-ring (bicyclic) bond motifs is 2. The zero-order chi connectivity index (χ0) is 20.3. The minimum atomic E-state index is -0.423. The van der Waals surface area contributed by atoms with Gasteiger partial charge in [0.1, 0.15) is 0 Å². The largest absolute Gasteiger partial charge is 0.465 e. The number of rotatable bonds is 2. The van der Waals surface area contributed by atoms with Crippen LogP contribution in [0.4, 0.5) is 0 Å². The van der Waals surface area contributed by atoms with Crippen LogP contribution in [-0.2, 0) is 15.6 Å². The van der Waals surface area contributed by atoms with Crippen LogP contribution in [-0.4, -0.2) is 22.6 Å². The Morgan fingerprint density at radius 1 is 1.00 bits per heavy atom. The maximum absolute atomic E-state index is 12.7. The van der Waals surface area contributed by atoms with Gasteiger partial charge in [0.15, 0.2) is 0 Å². The fraction of sp³-hybridized carbons (Fsp3) is 0.391. The smallest absolute Gasteiger partial charge is 0.337 e. The van der Waals surface area contributed by atoms with Gasteiger partial charge in [0, 0.05) is 0 Å². The molecule has 0 saturated carbocycles. The number of H-pyrrole nitrogens is 1. The lowest BCUT2D eigenvalue weighted by molar-refractivity contribution is 0.0601. The Kier molecular flexibility index (Phi) is 4.03. The molecule has 1 heterocycles. The Morgan fingerprint density at radius 3 is 2.36 bits per heavy atom. The summed E-state index contributed by atoms with van der Waals surface area (Å²) in [5.74, 6) is -0.423. The van der Waals surface area contributed by atoms with Crippen molar-refractivity contribution in [3.8, 4) is 5.69 Å². The molecule has 0 unspecified atom stereocenters. The van der Waals surface area contributed by atoms with Crippen LogP contribution in [0.3, 0.4) is 0 Å². The molecule has 28 heavy (non-hydrogen) atoms. The molecule has 146 valence electrons. The van der Waals surface area contributed by atoms with Crippen molar-refractivity contribution in [1.29, 1.82) is 0 Å². The second kappa shape index (κ2) is 6.09. The lowest BCUT2D eigenvalue weighted by atomic mass is 9.63. The first-order chi connectivity index (χ1) is 13.1. The molecular formula is C23H26N2O3. The van der Waals surface area contributed by atoms with Crippen molar-refractivity contribution < 1.29 is 9.53 Å². The monoisotopic (exact) mass is 378 g/mol. The number of carbonyl (C=O) groups excluding carboxylic acids is 1.